The lowest BCUT2D eigenvalue weighted by Crippen LogP contribution is -2.28. The number of hydrogen-bond donors (Lipinski definition) is 3. The molecule has 0 saturated carbocycles. The van der Waals surface area contributed by atoms with Gasteiger partial charge in [-0.3, -0.25) is 9.59 Å². The zero-order valence-electron chi connectivity index (χ0n) is 11.5. The summed E-state index contributed by atoms with van der Waals surface area (Å²) in [6.45, 7) is 3.73. The van der Waals surface area contributed by atoms with Gasteiger partial charge in [-0.1, -0.05) is 6.92 Å². The van der Waals surface area contributed by atoms with Gasteiger partial charge >= 0.3 is 0 Å². The second-order valence-corrected chi connectivity index (χ2v) is 5.65. The van der Waals surface area contributed by atoms with E-state index in [1.165, 1.54) is 0 Å². The first-order valence-electron chi connectivity index (χ1n) is 7.08. The number of hydrogen-bond acceptors (Lipinski definition) is 3. The molecule has 0 radical (unpaired) electrons. The summed E-state index contributed by atoms with van der Waals surface area (Å²) in [7, 11) is 0. The summed E-state index contributed by atoms with van der Waals surface area (Å²) in [5.74, 6) is 0.528. The van der Waals surface area contributed by atoms with Crippen molar-refractivity contribution >= 4 is 23.2 Å². The average molecular weight is 273 g/mol. The molecule has 3 N–H and O–H groups in total. The van der Waals surface area contributed by atoms with Crippen LogP contribution >= 0.6 is 0 Å². The van der Waals surface area contributed by atoms with Crippen molar-refractivity contribution in [3.63, 3.8) is 0 Å². The minimum atomic E-state index is 0.0331. The maximum atomic E-state index is 12.2. The SMILES string of the molecule is C[C@@H]1CNC[C@H]1C(=O)Nc1ccc2c(c1)CCC(=O)N2. The molecule has 1 fully saturated rings. The molecule has 0 unspecified atom stereocenters. The van der Waals surface area contributed by atoms with Crippen LogP contribution in [0.5, 0.6) is 0 Å². The molecule has 5 heteroatoms. The molecular formula is C15H19N3O2. The summed E-state index contributed by atoms with van der Waals surface area (Å²) in [6, 6.07) is 5.66. The third-order valence-electron chi connectivity index (χ3n) is 4.12. The maximum Gasteiger partial charge on any atom is 0.229 e. The summed E-state index contributed by atoms with van der Waals surface area (Å²) in [6.07, 6.45) is 1.24. The Morgan fingerprint density at radius 1 is 1.30 bits per heavy atom. The maximum absolute atomic E-state index is 12.2. The fourth-order valence-electron chi connectivity index (χ4n) is 2.86. The summed E-state index contributed by atoms with van der Waals surface area (Å²) in [4.78, 5) is 23.5. The monoisotopic (exact) mass is 273 g/mol. The average Bonchev–Trinajstić information content (AvgIpc) is 2.85. The van der Waals surface area contributed by atoms with Crippen molar-refractivity contribution in [1.29, 1.82) is 0 Å². The van der Waals surface area contributed by atoms with Crippen LogP contribution in [0.1, 0.15) is 18.9 Å². The molecular weight excluding hydrogens is 254 g/mol. The van der Waals surface area contributed by atoms with Crippen molar-refractivity contribution in [1.82, 2.24) is 5.32 Å². The van der Waals surface area contributed by atoms with Gasteiger partial charge in [0.05, 0.1) is 5.92 Å². The molecule has 2 amide bonds. The third-order valence-corrected chi connectivity index (χ3v) is 4.12. The predicted molar refractivity (Wildman–Crippen MR) is 77.5 cm³/mol. The number of carbonyl (C=O) groups is 2. The molecule has 2 aliphatic heterocycles. The molecule has 1 aromatic rings. The Kier molecular flexibility index (Phi) is 3.44. The van der Waals surface area contributed by atoms with Crippen molar-refractivity contribution in [2.45, 2.75) is 19.8 Å². The van der Waals surface area contributed by atoms with Gasteiger partial charge in [0.25, 0.3) is 0 Å². The molecule has 0 aromatic heterocycles. The molecule has 2 atom stereocenters. The second-order valence-electron chi connectivity index (χ2n) is 5.65. The van der Waals surface area contributed by atoms with E-state index in [0.29, 0.717) is 12.3 Å². The van der Waals surface area contributed by atoms with Crippen LogP contribution in [0.4, 0.5) is 11.4 Å². The van der Waals surface area contributed by atoms with Gasteiger partial charge < -0.3 is 16.0 Å². The molecule has 2 aliphatic rings. The van der Waals surface area contributed by atoms with Crippen molar-refractivity contribution in [2.24, 2.45) is 11.8 Å². The van der Waals surface area contributed by atoms with E-state index in [9.17, 15) is 9.59 Å². The Labute approximate surface area is 118 Å². The number of fused-ring (bicyclic) bond motifs is 1. The van der Waals surface area contributed by atoms with Gasteiger partial charge in [0.1, 0.15) is 0 Å². The van der Waals surface area contributed by atoms with Crippen LogP contribution in [0.3, 0.4) is 0 Å². The first-order chi connectivity index (χ1) is 9.63. The largest absolute Gasteiger partial charge is 0.326 e. The topological polar surface area (TPSA) is 70.2 Å². The molecule has 0 spiro atoms. The molecule has 2 heterocycles. The third kappa shape index (κ3) is 2.54. The van der Waals surface area contributed by atoms with Crippen LogP contribution < -0.4 is 16.0 Å². The number of aryl methyl sites for hydroxylation is 1. The Hall–Kier alpha value is -1.88. The minimum absolute atomic E-state index is 0.0331. The Morgan fingerprint density at radius 3 is 2.90 bits per heavy atom. The van der Waals surface area contributed by atoms with Gasteiger partial charge in [0.2, 0.25) is 11.8 Å². The Balaban J connectivity index is 1.72. The quantitative estimate of drug-likeness (QED) is 0.762. The van der Waals surface area contributed by atoms with E-state index in [1.54, 1.807) is 0 Å². The second kappa shape index (κ2) is 5.25. The summed E-state index contributed by atoms with van der Waals surface area (Å²) < 4.78 is 0. The van der Waals surface area contributed by atoms with Crippen molar-refractivity contribution < 1.29 is 9.59 Å². The summed E-state index contributed by atoms with van der Waals surface area (Å²) in [5.41, 5.74) is 2.75. The van der Waals surface area contributed by atoms with E-state index < -0.39 is 0 Å². The highest BCUT2D eigenvalue weighted by Gasteiger charge is 2.29. The Bertz CT molecular complexity index is 556. The van der Waals surface area contributed by atoms with Gasteiger partial charge in [-0.2, -0.15) is 0 Å². The van der Waals surface area contributed by atoms with E-state index in [2.05, 4.69) is 22.9 Å². The number of carbonyl (C=O) groups excluding carboxylic acids is 2. The van der Waals surface area contributed by atoms with Crippen LogP contribution in [-0.2, 0) is 16.0 Å². The van der Waals surface area contributed by atoms with Crippen LogP contribution in [-0.4, -0.2) is 24.9 Å². The number of benzene rings is 1. The van der Waals surface area contributed by atoms with Crippen LogP contribution in [0.15, 0.2) is 18.2 Å². The molecule has 3 rings (SSSR count). The van der Waals surface area contributed by atoms with E-state index in [4.69, 9.17) is 0 Å². The van der Waals surface area contributed by atoms with Crippen molar-refractivity contribution in [3.8, 4) is 0 Å². The van der Waals surface area contributed by atoms with Gasteiger partial charge in [0, 0.05) is 24.3 Å². The normalized spacial score (nSPS) is 24.9. The standard InChI is InChI=1S/C15H19N3O2/c1-9-7-16-8-12(9)15(20)17-11-3-4-13-10(6-11)2-5-14(19)18-13/h3-4,6,9,12,16H,2,5,7-8H2,1H3,(H,17,20)(H,18,19)/t9-,12-/m1/s1. The predicted octanol–water partition coefficient (Wildman–Crippen LogP) is 1.37. The van der Waals surface area contributed by atoms with E-state index in [-0.39, 0.29) is 17.7 Å². The molecule has 0 bridgehead atoms. The highest BCUT2D eigenvalue weighted by Crippen LogP contribution is 2.26. The lowest BCUT2D eigenvalue weighted by Gasteiger charge is -2.19. The molecule has 1 saturated heterocycles. The molecule has 1 aromatic carbocycles. The number of amides is 2. The molecule has 20 heavy (non-hydrogen) atoms. The molecule has 0 aliphatic carbocycles. The first kappa shape index (κ1) is 13.1. The van der Waals surface area contributed by atoms with Gasteiger partial charge in [-0.25, -0.2) is 0 Å². The van der Waals surface area contributed by atoms with Crippen molar-refractivity contribution in [3.05, 3.63) is 23.8 Å². The van der Waals surface area contributed by atoms with E-state index in [1.807, 2.05) is 18.2 Å². The minimum Gasteiger partial charge on any atom is -0.326 e. The number of anilines is 2. The van der Waals surface area contributed by atoms with Crippen LogP contribution in [0.25, 0.3) is 0 Å². The smallest absolute Gasteiger partial charge is 0.229 e. The van der Waals surface area contributed by atoms with Crippen LogP contribution in [0.2, 0.25) is 0 Å². The zero-order chi connectivity index (χ0) is 14.1. The summed E-state index contributed by atoms with van der Waals surface area (Å²) in [5, 5.41) is 9.06. The zero-order valence-corrected chi connectivity index (χ0v) is 11.5. The van der Waals surface area contributed by atoms with Crippen molar-refractivity contribution in [2.75, 3.05) is 23.7 Å². The highest BCUT2D eigenvalue weighted by molar-refractivity contribution is 5.96. The lowest BCUT2D eigenvalue weighted by molar-refractivity contribution is -0.120. The van der Waals surface area contributed by atoms with Crippen LogP contribution in [0, 0.1) is 11.8 Å². The fraction of sp³-hybridized carbons (Fsp3) is 0.467. The molecule has 5 nitrogen and oxygen atoms in total. The van der Waals surface area contributed by atoms with Gasteiger partial charge in [-0.15, -0.1) is 0 Å². The van der Waals surface area contributed by atoms with Gasteiger partial charge in [-0.05, 0) is 42.6 Å². The molecule has 106 valence electrons. The number of nitrogens with one attached hydrogen (secondary N) is 3. The lowest BCUT2D eigenvalue weighted by atomic mass is 9.97. The van der Waals surface area contributed by atoms with E-state index in [0.717, 1.165) is 36.4 Å². The Morgan fingerprint density at radius 2 is 2.15 bits per heavy atom. The highest BCUT2D eigenvalue weighted by atomic mass is 16.2. The van der Waals surface area contributed by atoms with Gasteiger partial charge in [0.15, 0.2) is 0 Å². The number of rotatable bonds is 2. The summed E-state index contributed by atoms with van der Waals surface area (Å²) >= 11 is 0. The van der Waals surface area contributed by atoms with E-state index >= 15 is 0 Å². The first-order valence-corrected chi connectivity index (χ1v) is 7.08. The fourth-order valence-corrected chi connectivity index (χ4v) is 2.86.